The van der Waals surface area contributed by atoms with Crippen LogP contribution in [0.4, 0.5) is 8.78 Å². The van der Waals surface area contributed by atoms with Gasteiger partial charge in [0.2, 0.25) is 5.43 Å². The van der Waals surface area contributed by atoms with Crippen LogP contribution in [-0.2, 0) is 11.3 Å². The number of amides is 2. The molecule has 2 N–H and O–H groups in total. The fourth-order valence-corrected chi connectivity index (χ4v) is 5.10. The van der Waals surface area contributed by atoms with Gasteiger partial charge in [-0.2, -0.15) is 0 Å². The van der Waals surface area contributed by atoms with Crippen LogP contribution in [0.15, 0.2) is 23.1 Å². The maximum Gasteiger partial charge on any atom is 0.274 e. The molecule has 182 valence electrons. The molecular formula is C23H24ClF2N3O5. The Hall–Kier alpha value is -2.98. The van der Waals surface area contributed by atoms with Crippen molar-refractivity contribution in [3.63, 3.8) is 0 Å². The summed E-state index contributed by atoms with van der Waals surface area (Å²) in [6, 6.07) is 1.42. The highest BCUT2D eigenvalue weighted by Crippen LogP contribution is 2.38. The molecule has 0 bridgehead atoms. The summed E-state index contributed by atoms with van der Waals surface area (Å²) in [5, 5.41) is 12.3. The van der Waals surface area contributed by atoms with Crippen LogP contribution in [0.3, 0.4) is 0 Å². The molecule has 3 heterocycles. The van der Waals surface area contributed by atoms with E-state index in [1.807, 2.05) is 6.92 Å². The van der Waals surface area contributed by atoms with Crippen molar-refractivity contribution >= 4 is 23.4 Å². The first-order valence-corrected chi connectivity index (χ1v) is 11.2. The van der Waals surface area contributed by atoms with Crippen molar-refractivity contribution in [1.29, 1.82) is 0 Å². The number of aromatic nitrogens is 1. The summed E-state index contributed by atoms with van der Waals surface area (Å²) in [7, 11) is 1.51. The van der Waals surface area contributed by atoms with Crippen LogP contribution >= 0.6 is 11.6 Å². The van der Waals surface area contributed by atoms with Crippen LogP contribution in [0.25, 0.3) is 0 Å². The van der Waals surface area contributed by atoms with E-state index in [1.165, 1.54) is 17.9 Å². The van der Waals surface area contributed by atoms with Crippen LogP contribution in [0.5, 0.6) is 5.75 Å². The molecule has 4 rings (SSSR count). The highest BCUT2D eigenvalue weighted by atomic mass is 35.5. The monoisotopic (exact) mass is 495 g/mol. The lowest BCUT2D eigenvalue weighted by Gasteiger charge is -2.48. The molecule has 3 atom stereocenters. The Morgan fingerprint density at radius 2 is 2.06 bits per heavy atom. The smallest absolute Gasteiger partial charge is 0.274 e. The van der Waals surface area contributed by atoms with Gasteiger partial charge in [-0.1, -0.05) is 24.6 Å². The Kier molecular flexibility index (Phi) is 6.64. The topological polar surface area (TPSA) is 101 Å². The molecule has 2 aromatic rings. The molecule has 1 unspecified atom stereocenters. The zero-order valence-electron chi connectivity index (χ0n) is 18.6. The van der Waals surface area contributed by atoms with Crippen molar-refractivity contribution in [2.75, 3.05) is 20.3 Å². The minimum Gasteiger partial charge on any atom is -0.503 e. The van der Waals surface area contributed by atoms with E-state index in [4.69, 9.17) is 16.3 Å². The van der Waals surface area contributed by atoms with Crippen LogP contribution < -0.4 is 10.7 Å². The number of rotatable bonds is 5. The van der Waals surface area contributed by atoms with Gasteiger partial charge in [-0.15, -0.1) is 0 Å². The zero-order chi connectivity index (χ0) is 24.7. The van der Waals surface area contributed by atoms with Gasteiger partial charge < -0.3 is 24.6 Å². The normalized spacial score (nSPS) is 21.7. The summed E-state index contributed by atoms with van der Waals surface area (Å²) >= 11 is 5.57. The first-order valence-electron chi connectivity index (χ1n) is 10.9. The Balaban J connectivity index is 1.72. The number of fused-ring (bicyclic) bond motifs is 2. The number of pyridine rings is 1. The molecule has 0 aliphatic carbocycles. The van der Waals surface area contributed by atoms with Crippen LogP contribution in [-0.4, -0.2) is 52.7 Å². The molecule has 1 fully saturated rings. The van der Waals surface area contributed by atoms with Gasteiger partial charge in [0.05, 0.1) is 18.7 Å². The number of aromatic hydroxyl groups is 1. The maximum absolute atomic E-state index is 14.2. The van der Waals surface area contributed by atoms with E-state index < -0.39 is 51.3 Å². The number of halogens is 3. The van der Waals surface area contributed by atoms with Gasteiger partial charge in [-0.25, -0.2) is 8.78 Å². The highest BCUT2D eigenvalue weighted by molar-refractivity contribution is 6.30. The standard InChI is InChI=1S/C23H24ClF2N3O5/c1-11-4-3-7-28-18(11)15(10-34-2)29-9-13(20(30)21(31)19(29)23(28)33)22(32)27-8-12-5-6-14(25)16(24)17(12)26/h5-6,9,11,15,18,31H,3-4,7-8,10H2,1-2H3,(H,27,32)/t11-,15+,18?/m1/s1. The third-order valence-electron chi connectivity index (χ3n) is 6.56. The number of nitrogens with one attached hydrogen (secondary N) is 1. The molecule has 1 aromatic heterocycles. The predicted octanol–water partition coefficient (Wildman–Crippen LogP) is 2.86. The van der Waals surface area contributed by atoms with E-state index in [-0.39, 0.29) is 36.4 Å². The lowest BCUT2D eigenvalue weighted by molar-refractivity contribution is 0.00766. The summed E-state index contributed by atoms with van der Waals surface area (Å²) in [5.74, 6) is -4.02. The Labute approximate surface area is 199 Å². The van der Waals surface area contributed by atoms with Gasteiger partial charge in [0, 0.05) is 32.0 Å². The number of methoxy groups -OCH3 is 1. The number of carbonyl (C=O) groups is 2. The molecule has 8 nitrogen and oxygen atoms in total. The molecule has 2 aliphatic heterocycles. The lowest BCUT2D eigenvalue weighted by Crippen LogP contribution is -2.57. The lowest BCUT2D eigenvalue weighted by atomic mass is 9.83. The first kappa shape index (κ1) is 24.2. The molecule has 1 aromatic carbocycles. The van der Waals surface area contributed by atoms with Crippen LogP contribution in [0.2, 0.25) is 5.02 Å². The summed E-state index contributed by atoms with van der Waals surface area (Å²) in [6.07, 6.45) is 2.94. The number of nitrogens with zero attached hydrogens (tertiary/aromatic N) is 2. The van der Waals surface area contributed by atoms with E-state index in [1.54, 1.807) is 4.90 Å². The van der Waals surface area contributed by atoms with Crippen molar-refractivity contribution in [2.45, 2.75) is 38.4 Å². The van der Waals surface area contributed by atoms with E-state index in [2.05, 4.69) is 5.32 Å². The van der Waals surface area contributed by atoms with E-state index in [0.29, 0.717) is 6.54 Å². The predicted molar refractivity (Wildman–Crippen MR) is 119 cm³/mol. The number of ether oxygens (including phenoxy) is 1. The number of piperidine rings is 1. The second-order valence-electron chi connectivity index (χ2n) is 8.62. The van der Waals surface area contributed by atoms with Crippen molar-refractivity contribution in [3.8, 4) is 5.75 Å². The number of hydrogen-bond acceptors (Lipinski definition) is 5. The fourth-order valence-electron chi connectivity index (χ4n) is 4.91. The van der Waals surface area contributed by atoms with Crippen molar-refractivity contribution in [1.82, 2.24) is 14.8 Å². The fraction of sp³-hybridized carbons (Fsp3) is 0.435. The second-order valence-corrected chi connectivity index (χ2v) is 9.00. The summed E-state index contributed by atoms with van der Waals surface area (Å²) in [4.78, 5) is 40.5. The van der Waals surface area contributed by atoms with Gasteiger partial charge in [-0.05, 0) is 24.8 Å². The first-order chi connectivity index (χ1) is 16.2. The Morgan fingerprint density at radius 3 is 2.76 bits per heavy atom. The minimum atomic E-state index is -1.02. The van der Waals surface area contributed by atoms with Gasteiger partial charge in [0.15, 0.2) is 11.4 Å². The Morgan fingerprint density at radius 1 is 1.32 bits per heavy atom. The van der Waals surface area contributed by atoms with Gasteiger partial charge in [0.1, 0.15) is 22.2 Å². The molecule has 0 spiro atoms. The molecule has 2 amide bonds. The van der Waals surface area contributed by atoms with Crippen LogP contribution in [0.1, 0.15) is 52.2 Å². The minimum absolute atomic E-state index is 0.0823. The van der Waals surface area contributed by atoms with Crippen molar-refractivity contribution in [2.24, 2.45) is 5.92 Å². The molecule has 2 aliphatic rings. The molecule has 1 saturated heterocycles. The van der Waals surface area contributed by atoms with E-state index >= 15 is 0 Å². The second kappa shape index (κ2) is 9.34. The molecular weight excluding hydrogens is 472 g/mol. The molecule has 0 saturated carbocycles. The van der Waals surface area contributed by atoms with Gasteiger partial charge >= 0.3 is 0 Å². The quantitative estimate of drug-likeness (QED) is 0.621. The number of carbonyl (C=O) groups excluding carboxylic acids is 2. The number of hydrogen-bond donors (Lipinski definition) is 2. The SMILES string of the molecule is COC[C@H]1C2[C@H](C)CCCN2C(=O)c2c(O)c(=O)c(C(=O)NCc3ccc(F)c(Cl)c3F)cn21. The number of benzene rings is 1. The van der Waals surface area contributed by atoms with Crippen molar-refractivity contribution in [3.05, 3.63) is 62.0 Å². The summed E-state index contributed by atoms with van der Waals surface area (Å²) in [6.45, 7) is 2.33. The zero-order valence-corrected chi connectivity index (χ0v) is 19.4. The highest BCUT2D eigenvalue weighted by Gasteiger charge is 2.45. The average molecular weight is 496 g/mol. The third kappa shape index (κ3) is 3.94. The van der Waals surface area contributed by atoms with Crippen LogP contribution in [0, 0.1) is 17.6 Å². The molecule has 0 radical (unpaired) electrons. The van der Waals surface area contributed by atoms with Crippen molar-refractivity contribution < 1.29 is 28.2 Å². The maximum atomic E-state index is 14.2. The molecule has 34 heavy (non-hydrogen) atoms. The van der Waals surface area contributed by atoms with Gasteiger partial charge in [0.25, 0.3) is 11.8 Å². The Bertz CT molecular complexity index is 1220. The summed E-state index contributed by atoms with van der Waals surface area (Å²) < 4.78 is 34.4. The van der Waals surface area contributed by atoms with Gasteiger partial charge in [-0.3, -0.25) is 14.4 Å². The third-order valence-corrected chi connectivity index (χ3v) is 6.91. The largest absolute Gasteiger partial charge is 0.503 e. The van der Waals surface area contributed by atoms with E-state index in [0.717, 1.165) is 25.0 Å². The molecule has 11 heteroatoms. The average Bonchev–Trinajstić information content (AvgIpc) is 2.81. The van der Waals surface area contributed by atoms with E-state index in [9.17, 15) is 28.3 Å². The summed E-state index contributed by atoms with van der Waals surface area (Å²) in [5.41, 5.74) is -1.71.